The molecule has 0 aliphatic heterocycles. The van der Waals surface area contributed by atoms with Gasteiger partial charge in [-0.15, -0.1) is 0 Å². The fourth-order valence-electron chi connectivity index (χ4n) is 4.64. The summed E-state index contributed by atoms with van der Waals surface area (Å²) < 4.78 is 0. The van der Waals surface area contributed by atoms with Crippen LogP contribution in [0.1, 0.15) is 91.6 Å². The van der Waals surface area contributed by atoms with Crippen molar-refractivity contribution in [1.82, 2.24) is 20.3 Å². The molecule has 2 aromatic rings. The lowest BCUT2D eigenvalue weighted by Gasteiger charge is -2.38. The lowest BCUT2D eigenvalue weighted by molar-refractivity contribution is -0.120. The number of fused-ring (bicyclic) bond motifs is 1. The maximum absolute atomic E-state index is 11.3. The molecule has 7 nitrogen and oxygen atoms in total. The van der Waals surface area contributed by atoms with Crippen LogP contribution in [-0.2, 0) is 16.8 Å². The van der Waals surface area contributed by atoms with Gasteiger partial charge in [0, 0.05) is 37.0 Å². The number of nitrogens with one attached hydrogen (secondary N) is 2. The molecule has 1 aliphatic rings. The molecule has 0 atom stereocenters. The van der Waals surface area contributed by atoms with Gasteiger partial charge in [-0.1, -0.05) is 19.1 Å². The lowest BCUT2D eigenvalue weighted by Crippen LogP contribution is -2.38. The van der Waals surface area contributed by atoms with Crippen molar-refractivity contribution >= 4 is 22.6 Å². The molecule has 0 aromatic carbocycles. The normalized spacial score (nSPS) is 21.0. The topological polar surface area (TPSA) is 100 Å². The highest BCUT2D eigenvalue weighted by Gasteiger charge is 2.31. The smallest absolute Gasteiger partial charge is 0.217 e. The van der Waals surface area contributed by atoms with Gasteiger partial charge in [-0.25, -0.2) is 15.0 Å². The van der Waals surface area contributed by atoms with Gasteiger partial charge in [0.1, 0.15) is 16.9 Å². The predicted molar refractivity (Wildman–Crippen MR) is 138 cm³/mol. The summed E-state index contributed by atoms with van der Waals surface area (Å²) >= 11 is 0. The Labute approximate surface area is 203 Å². The molecule has 1 saturated carbocycles. The number of rotatable bonds is 9. The van der Waals surface area contributed by atoms with Gasteiger partial charge in [-0.05, 0) is 77.7 Å². The van der Waals surface area contributed by atoms with Crippen molar-refractivity contribution in [1.29, 1.82) is 0 Å². The number of nitrogens with zero attached hydrogens (tertiary/aromatic N) is 3. The molecule has 0 spiro atoms. The molecular weight excluding hydrogens is 426 g/mol. The SMILES string of the molecule is C=C(CC[C@]1(C)CC[C@@H](NC(C)=O)CC1)Cc1ncc2cc(C(C)(C)O)nc(NC(C)C)c2n1. The van der Waals surface area contributed by atoms with E-state index < -0.39 is 5.60 Å². The van der Waals surface area contributed by atoms with Crippen molar-refractivity contribution in [3.8, 4) is 0 Å². The summed E-state index contributed by atoms with van der Waals surface area (Å²) in [6.07, 6.45) is 8.81. The molecule has 0 unspecified atom stereocenters. The highest BCUT2D eigenvalue weighted by atomic mass is 16.3. The Hall–Kier alpha value is -2.54. The zero-order valence-corrected chi connectivity index (χ0v) is 21.7. The Morgan fingerprint density at radius 1 is 1.29 bits per heavy atom. The third kappa shape index (κ3) is 6.98. The van der Waals surface area contributed by atoms with Crippen LogP contribution in [0.2, 0.25) is 0 Å². The zero-order chi connectivity index (χ0) is 25.1. The van der Waals surface area contributed by atoms with Crippen LogP contribution in [0.25, 0.3) is 10.9 Å². The van der Waals surface area contributed by atoms with Crippen molar-refractivity contribution in [2.75, 3.05) is 5.32 Å². The molecule has 2 aromatic heterocycles. The van der Waals surface area contributed by atoms with Gasteiger partial charge in [-0.3, -0.25) is 4.79 Å². The summed E-state index contributed by atoms with van der Waals surface area (Å²) in [6, 6.07) is 2.36. The Bertz CT molecular complexity index is 1030. The first kappa shape index (κ1) is 26.1. The van der Waals surface area contributed by atoms with E-state index in [1.807, 2.05) is 12.3 Å². The van der Waals surface area contributed by atoms with E-state index in [4.69, 9.17) is 4.98 Å². The van der Waals surface area contributed by atoms with E-state index in [1.54, 1.807) is 20.8 Å². The fourth-order valence-corrected chi connectivity index (χ4v) is 4.64. The van der Waals surface area contributed by atoms with Crippen molar-refractivity contribution in [2.24, 2.45) is 5.41 Å². The molecule has 0 bridgehead atoms. The van der Waals surface area contributed by atoms with Gasteiger partial charge in [0.25, 0.3) is 0 Å². The first-order valence-corrected chi connectivity index (χ1v) is 12.4. The lowest BCUT2D eigenvalue weighted by atomic mass is 9.70. The second-order valence-corrected chi connectivity index (χ2v) is 11.2. The third-order valence-electron chi connectivity index (χ3n) is 6.76. The van der Waals surface area contributed by atoms with E-state index in [0.717, 1.165) is 60.8 Å². The second-order valence-electron chi connectivity index (χ2n) is 11.2. The molecule has 7 heteroatoms. The standard InChI is InChI=1S/C27H41N5O2/c1-17(2)29-25-24-20(15-22(31-25)26(5,6)34)16-28-23(32-24)14-18(3)8-11-27(7)12-9-21(10-13-27)30-19(4)33/h15-17,21,34H,3,8-14H2,1-2,4-7H3,(H,29,31)(H,30,33)/t21-,27-. The molecule has 3 rings (SSSR count). The second kappa shape index (κ2) is 10.4. The van der Waals surface area contributed by atoms with Crippen LogP contribution >= 0.6 is 0 Å². The van der Waals surface area contributed by atoms with Gasteiger partial charge < -0.3 is 15.7 Å². The molecule has 1 amide bonds. The van der Waals surface area contributed by atoms with Crippen molar-refractivity contribution in [3.63, 3.8) is 0 Å². The average Bonchev–Trinajstić information content (AvgIpc) is 2.73. The Kier molecular flexibility index (Phi) is 7.96. The van der Waals surface area contributed by atoms with Gasteiger partial charge in [0.15, 0.2) is 5.82 Å². The van der Waals surface area contributed by atoms with Crippen LogP contribution in [0, 0.1) is 5.41 Å². The van der Waals surface area contributed by atoms with Gasteiger partial charge in [0.2, 0.25) is 5.91 Å². The molecule has 0 saturated heterocycles. The number of pyridine rings is 1. The van der Waals surface area contributed by atoms with Crippen LogP contribution in [0.4, 0.5) is 5.82 Å². The summed E-state index contributed by atoms with van der Waals surface area (Å²) in [4.78, 5) is 25.4. The number of aliphatic hydroxyl groups is 1. The van der Waals surface area contributed by atoms with Crippen molar-refractivity contribution in [3.05, 3.63) is 35.9 Å². The minimum absolute atomic E-state index is 0.0654. The van der Waals surface area contributed by atoms with Crippen LogP contribution in [0.5, 0.6) is 0 Å². The summed E-state index contributed by atoms with van der Waals surface area (Å²) in [5.41, 5.74) is 1.72. The van der Waals surface area contributed by atoms with Gasteiger partial charge >= 0.3 is 0 Å². The molecule has 34 heavy (non-hydrogen) atoms. The number of aromatic nitrogens is 3. The quantitative estimate of drug-likeness (QED) is 0.447. The van der Waals surface area contributed by atoms with Crippen LogP contribution in [0.3, 0.4) is 0 Å². The summed E-state index contributed by atoms with van der Waals surface area (Å²) in [5.74, 6) is 1.47. The third-order valence-corrected chi connectivity index (χ3v) is 6.76. The molecule has 2 heterocycles. The molecule has 1 aliphatic carbocycles. The number of allylic oxidation sites excluding steroid dienone is 1. The van der Waals surface area contributed by atoms with Gasteiger partial charge in [0.05, 0.1) is 5.69 Å². The predicted octanol–water partition coefficient (Wildman–Crippen LogP) is 5.04. The fraction of sp³-hybridized carbons (Fsp3) is 0.630. The number of carbonyl (C=O) groups is 1. The van der Waals surface area contributed by atoms with Gasteiger partial charge in [-0.2, -0.15) is 0 Å². The highest BCUT2D eigenvalue weighted by Crippen LogP contribution is 2.40. The average molecular weight is 468 g/mol. The number of hydrogen-bond acceptors (Lipinski definition) is 6. The molecule has 1 fully saturated rings. The first-order chi connectivity index (χ1) is 15.8. The monoisotopic (exact) mass is 467 g/mol. The summed E-state index contributed by atoms with van der Waals surface area (Å²) in [5, 5.41) is 17.7. The largest absolute Gasteiger partial charge is 0.384 e. The van der Waals surface area contributed by atoms with Crippen molar-refractivity contribution in [2.45, 2.75) is 104 Å². The number of carbonyl (C=O) groups excluding carboxylic acids is 1. The Balaban J connectivity index is 1.67. The van der Waals surface area contributed by atoms with E-state index >= 15 is 0 Å². The van der Waals surface area contributed by atoms with E-state index in [0.29, 0.717) is 24.0 Å². The first-order valence-electron chi connectivity index (χ1n) is 12.4. The van der Waals surface area contributed by atoms with Crippen LogP contribution in [0.15, 0.2) is 24.4 Å². The molecule has 3 N–H and O–H groups in total. The van der Waals surface area contributed by atoms with Crippen LogP contribution in [-0.4, -0.2) is 38.0 Å². The number of hydrogen-bond donors (Lipinski definition) is 3. The molecule has 186 valence electrons. The maximum atomic E-state index is 11.3. The summed E-state index contributed by atoms with van der Waals surface area (Å²) in [7, 11) is 0. The highest BCUT2D eigenvalue weighted by molar-refractivity contribution is 5.88. The van der Waals surface area contributed by atoms with Crippen molar-refractivity contribution < 1.29 is 9.90 Å². The van der Waals surface area contributed by atoms with E-state index in [2.05, 4.69) is 48.0 Å². The maximum Gasteiger partial charge on any atom is 0.217 e. The Morgan fingerprint density at radius 2 is 1.97 bits per heavy atom. The number of amides is 1. The van der Waals surface area contributed by atoms with E-state index in [-0.39, 0.29) is 17.4 Å². The summed E-state index contributed by atoms with van der Waals surface area (Å²) in [6.45, 7) is 15.8. The minimum atomic E-state index is -1.05. The molecular formula is C27H41N5O2. The number of anilines is 1. The zero-order valence-electron chi connectivity index (χ0n) is 21.7. The van der Waals surface area contributed by atoms with E-state index in [1.165, 1.54) is 0 Å². The molecule has 0 radical (unpaired) electrons. The minimum Gasteiger partial charge on any atom is -0.384 e. The van der Waals surface area contributed by atoms with E-state index in [9.17, 15) is 9.90 Å². The van der Waals surface area contributed by atoms with Crippen LogP contribution < -0.4 is 10.6 Å². The Morgan fingerprint density at radius 3 is 2.56 bits per heavy atom.